The maximum Gasteiger partial charge on any atom is 0.225 e. The van der Waals surface area contributed by atoms with Gasteiger partial charge in [0.05, 0.1) is 0 Å². The van der Waals surface area contributed by atoms with Crippen LogP contribution >= 0.6 is 0 Å². The van der Waals surface area contributed by atoms with Gasteiger partial charge in [-0.2, -0.15) is 0 Å². The van der Waals surface area contributed by atoms with Crippen molar-refractivity contribution < 1.29 is 0 Å². The van der Waals surface area contributed by atoms with E-state index in [-0.39, 0.29) is 0 Å². The standard InChI is InChI=1S/C13H23N3/c1-5-7-12(8-6-2)16(4)13-14-9-11(3)10-15-13/h9-10,12H,5-8H2,1-4H3. The van der Waals surface area contributed by atoms with Crippen LogP contribution in [0.4, 0.5) is 5.95 Å². The zero-order valence-corrected chi connectivity index (χ0v) is 10.9. The quantitative estimate of drug-likeness (QED) is 0.738. The molecule has 3 nitrogen and oxygen atoms in total. The molecule has 3 heteroatoms. The minimum Gasteiger partial charge on any atom is -0.341 e. The first-order valence-electron chi connectivity index (χ1n) is 6.20. The summed E-state index contributed by atoms with van der Waals surface area (Å²) in [4.78, 5) is 11.0. The summed E-state index contributed by atoms with van der Waals surface area (Å²) in [5.41, 5.74) is 1.11. The number of aromatic nitrogens is 2. The molecular formula is C13H23N3. The molecule has 0 radical (unpaired) electrons. The van der Waals surface area contributed by atoms with Crippen LogP contribution in [-0.4, -0.2) is 23.1 Å². The number of rotatable bonds is 6. The molecule has 0 bridgehead atoms. The average Bonchev–Trinajstić information content (AvgIpc) is 2.29. The second-order valence-corrected chi connectivity index (χ2v) is 4.40. The Kier molecular flexibility index (Phi) is 5.23. The van der Waals surface area contributed by atoms with Crippen LogP contribution in [0.5, 0.6) is 0 Å². The number of hydrogen-bond acceptors (Lipinski definition) is 3. The number of hydrogen-bond donors (Lipinski definition) is 0. The van der Waals surface area contributed by atoms with E-state index in [0.717, 1.165) is 11.5 Å². The second-order valence-electron chi connectivity index (χ2n) is 4.40. The number of nitrogens with zero attached hydrogens (tertiary/aromatic N) is 3. The minimum absolute atomic E-state index is 0.567. The van der Waals surface area contributed by atoms with E-state index in [1.807, 2.05) is 19.3 Å². The monoisotopic (exact) mass is 221 g/mol. The lowest BCUT2D eigenvalue weighted by atomic mass is 10.1. The van der Waals surface area contributed by atoms with Crippen molar-refractivity contribution in [3.05, 3.63) is 18.0 Å². The van der Waals surface area contributed by atoms with Crippen molar-refractivity contribution in [2.75, 3.05) is 11.9 Å². The van der Waals surface area contributed by atoms with Gasteiger partial charge in [0.1, 0.15) is 0 Å². The molecule has 0 spiro atoms. The van der Waals surface area contributed by atoms with Crippen LogP contribution in [0.2, 0.25) is 0 Å². The van der Waals surface area contributed by atoms with E-state index >= 15 is 0 Å². The highest BCUT2D eigenvalue weighted by Crippen LogP contribution is 2.16. The van der Waals surface area contributed by atoms with E-state index < -0.39 is 0 Å². The highest BCUT2D eigenvalue weighted by atomic mass is 15.2. The zero-order chi connectivity index (χ0) is 12.0. The molecule has 1 aromatic heterocycles. The molecule has 0 aliphatic rings. The van der Waals surface area contributed by atoms with E-state index in [1.54, 1.807) is 0 Å². The first kappa shape index (κ1) is 12.9. The molecule has 0 aromatic carbocycles. The van der Waals surface area contributed by atoms with Crippen LogP contribution in [0, 0.1) is 6.92 Å². The third-order valence-electron chi connectivity index (χ3n) is 2.87. The first-order valence-corrected chi connectivity index (χ1v) is 6.20. The van der Waals surface area contributed by atoms with E-state index in [1.165, 1.54) is 25.7 Å². The van der Waals surface area contributed by atoms with Gasteiger partial charge in [-0.1, -0.05) is 26.7 Å². The SMILES string of the molecule is CCCC(CCC)N(C)c1ncc(C)cn1. The third-order valence-corrected chi connectivity index (χ3v) is 2.87. The number of anilines is 1. The summed E-state index contributed by atoms with van der Waals surface area (Å²) in [7, 11) is 2.10. The van der Waals surface area contributed by atoms with Gasteiger partial charge in [0.15, 0.2) is 0 Å². The van der Waals surface area contributed by atoms with Crippen molar-refractivity contribution in [1.82, 2.24) is 9.97 Å². The van der Waals surface area contributed by atoms with Crippen molar-refractivity contribution in [3.8, 4) is 0 Å². The molecule has 0 fully saturated rings. The van der Waals surface area contributed by atoms with Gasteiger partial charge in [-0.05, 0) is 25.3 Å². The summed E-state index contributed by atoms with van der Waals surface area (Å²) in [6, 6.07) is 0.567. The summed E-state index contributed by atoms with van der Waals surface area (Å²) in [6.07, 6.45) is 8.60. The fourth-order valence-electron chi connectivity index (χ4n) is 1.93. The lowest BCUT2D eigenvalue weighted by Crippen LogP contribution is -2.32. The molecule has 90 valence electrons. The molecule has 0 atom stereocenters. The molecule has 0 unspecified atom stereocenters. The van der Waals surface area contributed by atoms with E-state index in [4.69, 9.17) is 0 Å². The maximum absolute atomic E-state index is 4.38. The molecule has 16 heavy (non-hydrogen) atoms. The van der Waals surface area contributed by atoms with Gasteiger partial charge in [0, 0.05) is 25.5 Å². The topological polar surface area (TPSA) is 29.0 Å². The van der Waals surface area contributed by atoms with E-state index in [9.17, 15) is 0 Å². The molecular weight excluding hydrogens is 198 g/mol. The van der Waals surface area contributed by atoms with Crippen LogP contribution in [0.25, 0.3) is 0 Å². The Morgan fingerprint density at radius 1 is 1.12 bits per heavy atom. The summed E-state index contributed by atoms with van der Waals surface area (Å²) in [6.45, 7) is 6.47. The first-order chi connectivity index (χ1) is 7.69. The van der Waals surface area contributed by atoms with Crippen LogP contribution in [-0.2, 0) is 0 Å². The molecule has 1 rings (SSSR count). The molecule has 0 aliphatic carbocycles. The van der Waals surface area contributed by atoms with Crippen LogP contribution in [0.1, 0.15) is 45.1 Å². The van der Waals surface area contributed by atoms with Crippen LogP contribution < -0.4 is 4.90 Å². The fraction of sp³-hybridized carbons (Fsp3) is 0.692. The molecule has 1 heterocycles. The summed E-state index contributed by atoms with van der Waals surface area (Å²) in [5, 5.41) is 0. The van der Waals surface area contributed by atoms with Crippen molar-refractivity contribution in [3.63, 3.8) is 0 Å². The van der Waals surface area contributed by atoms with Crippen LogP contribution in [0.15, 0.2) is 12.4 Å². The summed E-state index contributed by atoms with van der Waals surface area (Å²) >= 11 is 0. The molecule has 0 N–H and O–H groups in total. The van der Waals surface area contributed by atoms with Gasteiger partial charge >= 0.3 is 0 Å². The lowest BCUT2D eigenvalue weighted by molar-refractivity contribution is 0.521. The van der Waals surface area contributed by atoms with E-state index in [2.05, 4.69) is 35.8 Å². The normalized spacial score (nSPS) is 10.8. The predicted octanol–water partition coefficient (Wildman–Crippen LogP) is 3.19. The summed E-state index contributed by atoms with van der Waals surface area (Å²) < 4.78 is 0. The van der Waals surface area contributed by atoms with Gasteiger partial charge < -0.3 is 4.90 Å². The molecule has 1 aromatic rings. The van der Waals surface area contributed by atoms with Crippen molar-refractivity contribution in [2.24, 2.45) is 0 Å². The lowest BCUT2D eigenvalue weighted by Gasteiger charge is -2.27. The average molecular weight is 221 g/mol. The smallest absolute Gasteiger partial charge is 0.225 e. The Labute approximate surface area is 98.9 Å². The summed E-state index contributed by atoms with van der Waals surface area (Å²) in [5.74, 6) is 0.845. The highest BCUT2D eigenvalue weighted by Gasteiger charge is 2.15. The molecule has 0 amide bonds. The van der Waals surface area contributed by atoms with Crippen LogP contribution in [0.3, 0.4) is 0 Å². The van der Waals surface area contributed by atoms with Gasteiger partial charge in [-0.25, -0.2) is 9.97 Å². The van der Waals surface area contributed by atoms with Crippen molar-refractivity contribution in [2.45, 2.75) is 52.5 Å². The number of aryl methyl sites for hydroxylation is 1. The Bertz CT molecular complexity index is 289. The Hall–Kier alpha value is -1.12. The van der Waals surface area contributed by atoms with Crippen molar-refractivity contribution in [1.29, 1.82) is 0 Å². The predicted molar refractivity (Wildman–Crippen MR) is 68.8 cm³/mol. The van der Waals surface area contributed by atoms with Gasteiger partial charge in [-0.3, -0.25) is 0 Å². The minimum atomic E-state index is 0.567. The van der Waals surface area contributed by atoms with Gasteiger partial charge in [0.25, 0.3) is 0 Å². The second kappa shape index (κ2) is 6.46. The van der Waals surface area contributed by atoms with Gasteiger partial charge in [0.2, 0.25) is 5.95 Å². The zero-order valence-electron chi connectivity index (χ0n) is 10.9. The Morgan fingerprint density at radius 3 is 2.06 bits per heavy atom. The highest BCUT2D eigenvalue weighted by molar-refractivity contribution is 5.29. The molecule has 0 aliphatic heterocycles. The Morgan fingerprint density at radius 2 is 1.62 bits per heavy atom. The Balaban J connectivity index is 2.72. The molecule has 0 saturated carbocycles. The third kappa shape index (κ3) is 3.47. The van der Waals surface area contributed by atoms with Crippen molar-refractivity contribution >= 4 is 5.95 Å². The van der Waals surface area contributed by atoms with Gasteiger partial charge in [-0.15, -0.1) is 0 Å². The molecule has 0 saturated heterocycles. The maximum atomic E-state index is 4.38. The fourth-order valence-corrected chi connectivity index (χ4v) is 1.93. The largest absolute Gasteiger partial charge is 0.341 e. The van der Waals surface area contributed by atoms with E-state index in [0.29, 0.717) is 6.04 Å².